The highest BCUT2D eigenvalue weighted by atomic mass is 16.5. The minimum absolute atomic E-state index is 0.0583. The number of fused-ring (bicyclic) bond motifs is 2. The van der Waals surface area contributed by atoms with Crippen molar-refractivity contribution in [3.8, 4) is 0 Å². The van der Waals surface area contributed by atoms with Crippen LogP contribution in [0, 0.1) is 39.9 Å². The number of hydrogen-bond acceptors (Lipinski definition) is 2. The SMILES string of the molecule is C=C(OC12CC(C)CC(CC(C)(OC(CC)c3ccccc3)C1)C2)C(C)(CC(C)(C)C)C(C)(C)C.CCC(C)C(C)C.CCCC. The molecule has 3 rings (SSSR count). The van der Waals surface area contributed by atoms with E-state index in [9.17, 15) is 0 Å². The number of benzene rings is 1. The Balaban J connectivity index is 0.000000825. The van der Waals surface area contributed by atoms with Crippen molar-refractivity contribution in [2.45, 2.75) is 192 Å². The van der Waals surface area contributed by atoms with Crippen LogP contribution < -0.4 is 0 Å². The van der Waals surface area contributed by atoms with Gasteiger partial charge < -0.3 is 9.47 Å². The summed E-state index contributed by atoms with van der Waals surface area (Å²) in [6, 6.07) is 10.7. The minimum atomic E-state index is -0.192. The zero-order valence-electron chi connectivity index (χ0n) is 33.9. The lowest BCUT2D eigenvalue weighted by Gasteiger charge is -2.56. The molecule has 46 heavy (non-hydrogen) atoms. The monoisotopic (exact) mass is 641 g/mol. The fourth-order valence-corrected chi connectivity index (χ4v) is 7.94. The molecule has 2 fully saturated rings. The summed E-state index contributed by atoms with van der Waals surface area (Å²) >= 11 is 0. The summed E-state index contributed by atoms with van der Waals surface area (Å²) in [7, 11) is 0. The molecule has 2 nitrogen and oxygen atoms in total. The topological polar surface area (TPSA) is 18.5 Å². The zero-order valence-corrected chi connectivity index (χ0v) is 33.9. The maximum absolute atomic E-state index is 7.20. The van der Waals surface area contributed by atoms with Crippen LogP contribution >= 0.6 is 0 Å². The van der Waals surface area contributed by atoms with Crippen molar-refractivity contribution in [1.82, 2.24) is 0 Å². The molecular weight excluding hydrogens is 560 g/mol. The Hall–Kier alpha value is -1.28. The molecule has 2 heteroatoms. The normalized spacial score (nSPS) is 27.2. The van der Waals surface area contributed by atoms with Gasteiger partial charge in [0.2, 0.25) is 0 Å². The lowest BCUT2D eigenvalue weighted by atomic mass is 9.59. The van der Waals surface area contributed by atoms with Crippen molar-refractivity contribution >= 4 is 0 Å². The lowest BCUT2D eigenvalue weighted by Crippen LogP contribution is -2.55. The maximum Gasteiger partial charge on any atom is 0.112 e. The van der Waals surface area contributed by atoms with Gasteiger partial charge in [-0.15, -0.1) is 0 Å². The smallest absolute Gasteiger partial charge is 0.112 e. The van der Waals surface area contributed by atoms with E-state index in [1.165, 1.54) is 31.2 Å². The predicted molar refractivity (Wildman–Crippen MR) is 204 cm³/mol. The van der Waals surface area contributed by atoms with Crippen LogP contribution in [0.25, 0.3) is 0 Å². The van der Waals surface area contributed by atoms with E-state index in [2.05, 4.69) is 148 Å². The van der Waals surface area contributed by atoms with E-state index in [1.807, 2.05) is 0 Å². The van der Waals surface area contributed by atoms with Crippen LogP contribution in [0.4, 0.5) is 0 Å². The standard InChI is InChI=1S/C33H54O2.C7H16.C4H10/c1-12-28(27-16-14-13-15-17-27)35-31(10)20-26-18-24(2)19-33(21-26,23-31)34-25(3)32(11,30(7,8)9)22-29(4,5)6;1-5-7(4)6(2)3;1-3-4-2/h13-17,24,26,28H,3,12,18-23H2,1-2,4-11H3;6-7H,5H2,1-4H3;3-4H2,1-2H3. The van der Waals surface area contributed by atoms with Gasteiger partial charge in [-0.25, -0.2) is 0 Å². The lowest BCUT2D eigenvalue weighted by molar-refractivity contribution is -0.200. The van der Waals surface area contributed by atoms with Gasteiger partial charge in [-0.3, -0.25) is 0 Å². The molecule has 1 aromatic rings. The third-order valence-electron chi connectivity index (χ3n) is 11.3. The van der Waals surface area contributed by atoms with Crippen LogP contribution in [0.2, 0.25) is 0 Å². The number of allylic oxidation sites excluding steroid dienone is 1. The summed E-state index contributed by atoms with van der Waals surface area (Å²) in [6.07, 6.45) is 11.7. The van der Waals surface area contributed by atoms with Crippen LogP contribution in [-0.2, 0) is 9.47 Å². The summed E-state index contributed by atoms with van der Waals surface area (Å²) in [5.74, 6) is 4.06. The van der Waals surface area contributed by atoms with Crippen LogP contribution in [0.5, 0.6) is 0 Å². The summed E-state index contributed by atoms with van der Waals surface area (Å²) in [5, 5.41) is 0. The van der Waals surface area contributed by atoms with Gasteiger partial charge in [0, 0.05) is 11.8 Å². The average Bonchev–Trinajstić information content (AvgIpc) is 2.93. The van der Waals surface area contributed by atoms with E-state index < -0.39 is 0 Å². The van der Waals surface area contributed by atoms with Crippen molar-refractivity contribution in [2.24, 2.45) is 39.9 Å². The molecule has 1 aromatic carbocycles. The molecule has 2 aliphatic carbocycles. The largest absolute Gasteiger partial charge is 0.492 e. The van der Waals surface area contributed by atoms with E-state index >= 15 is 0 Å². The summed E-state index contributed by atoms with van der Waals surface area (Å²) < 4.78 is 14.2. The second-order valence-electron chi connectivity index (χ2n) is 18.5. The molecule has 0 heterocycles. The third kappa shape index (κ3) is 13.0. The van der Waals surface area contributed by atoms with Crippen molar-refractivity contribution in [3.05, 3.63) is 48.2 Å². The van der Waals surface area contributed by atoms with Gasteiger partial charge in [-0.05, 0) is 85.5 Å². The molecule has 0 saturated heterocycles. The molecule has 0 aliphatic heterocycles. The van der Waals surface area contributed by atoms with Crippen molar-refractivity contribution in [1.29, 1.82) is 0 Å². The van der Waals surface area contributed by atoms with Crippen LogP contribution in [-0.4, -0.2) is 11.2 Å². The molecule has 0 amide bonds. The predicted octanol–water partition coefficient (Wildman–Crippen LogP) is 14.4. The number of unbranched alkanes of at least 4 members (excludes halogenated alkanes) is 1. The first-order valence-corrected chi connectivity index (χ1v) is 19.2. The maximum atomic E-state index is 7.20. The Bertz CT molecular complexity index is 991. The molecule has 2 aliphatic rings. The molecule has 268 valence electrons. The van der Waals surface area contributed by atoms with Crippen LogP contribution in [0.15, 0.2) is 42.7 Å². The van der Waals surface area contributed by atoms with Crippen molar-refractivity contribution < 1.29 is 9.47 Å². The first-order valence-electron chi connectivity index (χ1n) is 19.2. The molecule has 7 unspecified atom stereocenters. The molecular formula is C44H80O2. The number of rotatable bonds is 11. The van der Waals surface area contributed by atoms with Gasteiger partial charge >= 0.3 is 0 Å². The van der Waals surface area contributed by atoms with Gasteiger partial charge in [-0.2, -0.15) is 0 Å². The fraction of sp³-hybridized carbons (Fsp3) is 0.818. The first kappa shape index (κ1) is 42.7. The molecule has 0 radical (unpaired) electrons. The second kappa shape index (κ2) is 17.9. The average molecular weight is 641 g/mol. The first-order chi connectivity index (χ1) is 21.1. The minimum Gasteiger partial charge on any atom is -0.492 e. The van der Waals surface area contributed by atoms with Gasteiger partial charge in [0.05, 0.1) is 17.5 Å². The van der Waals surface area contributed by atoms with Crippen molar-refractivity contribution in [2.75, 3.05) is 0 Å². The van der Waals surface area contributed by atoms with Gasteiger partial charge in [0.1, 0.15) is 5.60 Å². The van der Waals surface area contributed by atoms with Crippen LogP contribution in [0.3, 0.4) is 0 Å². The highest BCUT2D eigenvalue weighted by Gasteiger charge is 2.54. The number of hydrogen-bond donors (Lipinski definition) is 0. The Labute approximate surface area is 289 Å². The zero-order chi connectivity index (χ0) is 35.6. The fourth-order valence-electron chi connectivity index (χ4n) is 7.94. The summed E-state index contributed by atoms with van der Waals surface area (Å²) in [5.41, 5.74) is 1.05. The Kier molecular flexibility index (Phi) is 16.7. The molecule has 2 bridgehead atoms. The summed E-state index contributed by atoms with van der Waals surface area (Å²) in [4.78, 5) is 0. The van der Waals surface area contributed by atoms with E-state index in [1.54, 1.807) is 0 Å². The van der Waals surface area contributed by atoms with E-state index in [-0.39, 0.29) is 33.6 Å². The molecule has 0 aromatic heterocycles. The second-order valence-corrected chi connectivity index (χ2v) is 18.5. The van der Waals surface area contributed by atoms with Gasteiger partial charge in [-0.1, -0.05) is 160 Å². The highest BCUT2D eigenvalue weighted by Crippen LogP contribution is 2.57. The van der Waals surface area contributed by atoms with Gasteiger partial charge in [0.25, 0.3) is 0 Å². The quantitative estimate of drug-likeness (QED) is 0.224. The molecule has 2 saturated carbocycles. The number of ether oxygens (including phenoxy) is 2. The Morgan fingerprint density at radius 3 is 1.85 bits per heavy atom. The molecule has 7 atom stereocenters. The highest BCUT2D eigenvalue weighted by molar-refractivity contribution is 5.18. The Morgan fingerprint density at radius 2 is 1.43 bits per heavy atom. The van der Waals surface area contributed by atoms with E-state index in [0.29, 0.717) is 11.8 Å². The van der Waals surface area contributed by atoms with Crippen LogP contribution in [0.1, 0.15) is 187 Å². The van der Waals surface area contributed by atoms with E-state index in [0.717, 1.165) is 56.1 Å². The van der Waals surface area contributed by atoms with E-state index in [4.69, 9.17) is 9.47 Å². The third-order valence-corrected chi connectivity index (χ3v) is 11.3. The molecule has 0 spiro atoms. The van der Waals surface area contributed by atoms with Gasteiger partial charge in [0.15, 0.2) is 0 Å². The molecule has 0 N–H and O–H groups in total. The summed E-state index contributed by atoms with van der Waals surface area (Å²) in [6.45, 7) is 41.5. The Morgan fingerprint density at radius 1 is 0.870 bits per heavy atom. The van der Waals surface area contributed by atoms with Crippen molar-refractivity contribution in [3.63, 3.8) is 0 Å².